The zero-order valence-electron chi connectivity index (χ0n) is 9.98. The Kier molecular flexibility index (Phi) is 2.45. The normalized spacial score (nSPS) is 10.8. The first kappa shape index (κ1) is 11.3. The number of para-hydroxylation sites is 1. The van der Waals surface area contributed by atoms with Crippen LogP contribution in [0.25, 0.3) is 17.0 Å². The fourth-order valence-corrected chi connectivity index (χ4v) is 1.77. The summed E-state index contributed by atoms with van der Waals surface area (Å²) in [4.78, 5) is 19.2. The molecule has 3 aromatic rings. The Balaban J connectivity index is 2.24. The Morgan fingerprint density at radius 3 is 2.84 bits per heavy atom. The van der Waals surface area contributed by atoms with E-state index in [-0.39, 0.29) is 11.6 Å². The Morgan fingerprint density at radius 2 is 2.05 bits per heavy atom. The SMILES string of the molecule is Cc1cc(C(=O)O)nc(-n2nnc3ccccc32)n1. The van der Waals surface area contributed by atoms with Crippen molar-refractivity contribution in [3.05, 3.63) is 41.7 Å². The van der Waals surface area contributed by atoms with Gasteiger partial charge in [0.2, 0.25) is 0 Å². The van der Waals surface area contributed by atoms with Gasteiger partial charge in [-0.05, 0) is 25.1 Å². The Hall–Kier alpha value is -2.83. The van der Waals surface area contributed by atoms with Gasteiger partial charge < -0.3 is 5.11 Å². The van der Waals surface area contributed by atoms with E-state index in [4.69, 9.17) is 5.11 Å². The maximum absolute atomic E-state index is 11.0. The first-order chi connectivity index (χ1) is 9.15. The molecule has 1 N–H and O–H groups in total. The van der Waals surface area contributed by atoms with E-state index in [1.54, 1.807) is 6.92 Å². The third kappa shape index (κ3) is 1.90. The second kappa shape index (κ2) is 4.13. The van der Waals surface area contributed by atoms with E-state index in [1.807, 2.05) is 24.3 Å². The number of aromatic nitrogens is 5. The molecule has 0 aliphatic heterocycles. The summed E-state index contributed by atoms with van der Waals surface area (Å²) in [5, 5.41) is 16.9. The zero-order valence-corrected chi connectivity index (χ0v) is 9.98. The number of aromatic carboxylic acids is 1. The average Bonchev–Trinajstić information content (AvgIpc) is 2.81. The van der Waals surface area contributed by atoms with E-state index in [0.29, 0.717) is 11.2 Å². The van der Waals surface area contributed by atoms with Gasteiger partial charge in [-0.3, -0.25) is 0 Å². The number of benzene rings is 1. The number of hydrogen-bond donors (Lipinski definition) is 1. The maximum Gasteiger partial charge on any atom is 0.354 e. The smallest absolute Gasteiger partial charge is 0.354 e. The lowest BCUT2D eigenvalue weighted by Gasteiger charge is -2.03. The molecule has 7 heteroatoms. The van der Waals surface area contributed by atoms with Gasteiger partial charge in [-0.1, -0.05) is 17.3 Å². The number of carbonyl (C=O) groups is 1. The summed E-state index contributed by atoms with van der Waals surface area (Å²) in [5.41, 5.74) is 1.91. The summed E-state index contributed by atoms with van der Waals surface area (Å²) in [6.45, 7) is 1.71. The van der Waals surface area contributed by atoms with Crippen molar-refractivity contribution in [2.24, 2.45) is 0 Å². The van der Waals surface area contributed by atoms with Crippen molar-refractivity contribution in [1.29, 1.82) is 0 Å². The molecule has 0 saturated carbocycles. The van der Waals surface area contributed by atoms with Crippen molar-refractivity contribution in [2.75, 3.05) is 0 Å². The molecule has 0 aliphatic carbocycles. The Morgan fingerprint density at radius 1 is 1.26 bits per heavy atom. The number of aryl methyl sites for hydroxylation is 1. The summed E-state index contributed by atoms with van der Waals surface area (Å²) in [6.07, 6.45) is 0. The molecule has 0 saturated heterocycles. The van der Waals surface area contributed by atoms with Gasteiger partial charge in [0, 0.05) is 5.69 Å². The molecule has 0 unspecified atom stereocenters. The van der Waals surface area contributed by atoms with Crippen LogP contribution in [0, 0.1) is 6.92 Å². The quantitative estimate of drug-likeness (QED) is 0.739. The molecule has 1 aromatic carbocycles. The predicted molar refractivity (Wildman–Crippen MR) is 66.2 cm³/mol. The van der Waals surface area contributed by atoms with Gasteiger partial charge in [-0.25, -0.2) is 14.8 Å². The predicted octanol–water partition coefficient (Wildman–Crippen LogP) is 1.22. The summed E-state index contributed by atoms with van der Waals surface area (Å²) < 4.78 is 1.43. The molecular formula is C12H9N5O2. The molecule has 94 valence electrons. The van der Waals surface area contributed by atoms with E-state index < -0.39 is 5.97 Å². The fraction of sp³-hybridized carbons (Fsp3) is 0.0833. The van der Waals surface area contributed by atoms with Gasteiger partial charge in [0.05, 0.1) is 5.52 Å². The van der Waals surface area contributed by atoms with E-state index in [0.717, 1.165) is 5.52 Å². The van der Waals surface area contributed by atoms with Crippen LogP contribution in [0.4, 0.5) is 0 Å². The minimum absolute atomic E-state index is 0.0675. The van der Waals surface area contributed by atoms with Crippen molar-refractivity contribution in [1.82, 2.24) is 25.0 Å². The largest absolute Gasteiger partial charge is 0.477 e. The standard InChI is InChI=1S/C12H9N5O2/c1-7-6-9(11(18)19)14-12(13-7)17-10-5-3-2-4-8(10)15-16-17/h2-6H,1H3,(H,18,19). The highest BCUT2D eigenvalue weighted by Gasteiger charge is 2.13. The van der Waals surface area contributed by atoms with E-state index in [9.17, 15) is 4.79 Å². The first-order valence-corrected chi connectivity index (χ1v) is 5.55. The summed E-state index contributed by atoms with van der Waals surface area (Å²) in [6, 6.07) is 8.73. The molecule has 0 atom stereocenters. The molecular weight excluding hydrogens is 246 g/mol. The molecule has 3 rings (SSSR count). The first-order valence-electron chi connectivity index (χ1n) is 5.55. The fourth-order valence-electron chi connectivity index (χ4n) is 1.77. The van der Waals surface area contributed by atoms with Crippen LogP contribution < -0.4 is 0 Å². The number of carboxylic acids is 1. The van der Waals surface area contributed by atoms with Crippen molar-refractivity contribution < 1.29 is 9.90 Å². The number of carboxylic acid groups (broad SMARTS) is 1. The van der Waals surface area contributed by atoms with Crippen molar-refractivity contribution >= 4 is 17.0 Å². The van der Waals surface area contributed by atoms with Crippen molar-refractivity contribution in [3.63, 3.8) is 0 Å². The lowest BCUT2D eigenvalue weighted by Crippen LogP contribution is -2.09. The average molecular weight is 255 g/mol. The van der Waals surface area contributed by atoms with Gasteiger partial charge in [0.15, 0.2) is 5.69 Å². The highest BCUT2D eigenvalue weighted by Crippen LogP contribution is 2.13. The zero-order chi connectivity index (χ0) is 13.4. The summed E-state index contributed by atoms with van der Waals surface area (Å²) >= 11 is 0. The van der Waals surface area contributed by atoms with Crippen molar-refractivity contribution in [2.45, 2.75) is 6.92 Å². The van der Waals surface area contributed by atoms with Crippen LogP contribution >= 0.6 is 0 Å². The molecule has 0 radical (unpaired) electrons. The third-order valence-corrected chi connectivity index (χ3v) is 2.60. The molecule has 0 aliphatic rings. The van der Waals surface area contributed by atoms with Crippen LogP contribution in [0.5, 0.6) is 0 Å². The van der Waals surface area contributed by atoms with Crippen LogP contribution in [0.1, 0.15) is 16.2 Å². The molecule has 0 bridgehead atoms. The van der Waals surface area contributed by atoms with Gasteiger partial charge in [0.1, 0.15) is 5.52 Å². The third-order valence-electron chi connectivity index (χ3n) is 2.60. The molecule has 2 heterocycles. The van der Waals surface area contributed by atoms with Crippen LogP contribution in [0.15, 0.2) is 30.3 Å². The summed E-state index contributed by atoms with van der Waals surface area (Å²) in [5.74, 6) is -0.901. The monoisotopic (exact) mass is 255 g/mol. The molecule has 7 nitrogen and oxygen atoms in total. The Labute approximate surface area is 107 Å². The van der Waals surface area contributed by atoms with Crippen LogP contribution in [-0.2, 0) is 0 Å². The lowest BCUT2D eigenvalue weighted by molar-refractivity contribution is 0.0690. The highest BCUT2D eigenvalue weighted by molar-refractivity contribution is 5.85. The minimum atomic E-state index is -1.10. The minimum Gasteiger partial charge on any atom is -0.477 e. The number of hydrogen-bond acceptors (Lipinski definition) is 5. The van der Waals surface area contributed by atoms with Gasteiger partial charge in [-0.15, -0.1) is 5.10 Å². The van der Waals surface area contributed by atoms with E-state index in [1.165, 1.54) is 10.7 Å². The number of rotatable bonds is 2. The van der Waals surface area contributed by atoms with Gasteiger partial charge >= 0.3 is 5.97 Å². The van der Waals surface area contributed by atoms with E-state index in [2.05, 4.69) is 20.3 Å². The topological polar surface area (TPSA) is 93.8 Å². The number of nitrogens with zero attached hydrogens (tertiary/aromatic N) is 5. The molecule has 2 aromatic heterocycles. The second-order valence-electron chi connectivity index (χ2n) is 3.99. The lowest BCUT2D eigenvalue weighted by atomic mass is 10.3. The Bertz CT molecular complexity index is 781. The van der Waals surface area contributed by atoms with Crippen LogP contribution in [0.2, 0.25) is 0 Å². The van der Waals surface area contributed by atoms with E-state index >= 15 is 0 Å². The number of fused-ring (bicyclic) bond motifs is 1. The highest BCUT2D eigenvalue weighted by atomic mass is 16.4. The molecule has 0 spiro atoms. The van der Waals surface area contributed by atoms with Gasteiger partial charge in [0.25, 0.3) is 5.95 Å². The maximum atomic E-state index is 11.0. The van der Waals surface area contributed by atoms with Crippen LogP contribution in [0.3, 0.4) is 0 Å². The molecule has 0 fully saturated rings. The van der Waals surface area contributed by atoms with Crippen LogP contribution in [-0.4, -0.2) is 36.0 Å². The molecule has 0 amide bonds. The van der Waals surface area contributed by atoms with Crippen molar-refractivity contribution in [3.8, 4) is 5.95 Å². The summed E-state index contributed by atoms with van der Waals surface area (Å²) in [7, 11) is 0. The van der Waals surface area contributed by atoms with Gasteiger partial charge in [-0.2, -0.15) is 4.68 Å². The second-order valence-corrected chi connectivity index (χ2v) is 3.99. The molecule has 19 heavy (non-hydrogen) atoms.